The Bertz CT molecular complexity index is 327. The third-order valence-electron chi connectivity index (χ3n) is 0.929. The Hall–Kier alpha value is -1.40. The molecule has 54 valence electrons. The smallest absolute Gasteiger partial charge is 0.193 e. The van der Waals surface area contributed by atoms with E-state index in [1.54, 1.807) is 0 Å². The van der Waals surface area contributed by atoms with Crippen LogP contribution < -0.4 is 0 Å². The van der Waals surface area contributed by atoms with Gasteiger partial charge < -0.3 is 0 Å². The third kappa shape index (κ3) is 2.03. The first-order valence-corrected chi connectivity index (χ1v) is 3.13. The van der Waals surface area contributed by atoms with Gasteiger partial charge >= 0.3 is 0 Å². The zero-order chi connectivity index (χ0) is 8.10. The van der Waals surface area contributed by atoms with Crippen LogP contribution >= 0.6 is 11.6 Å². The molecule has 4 heteroatoms. The Kier molecular flexibility index (Phi) is 2.59. The normalized spacial score (nSPS) is 8.09. The SMILES string of the molecule is O=CC#Cc1cncnc1Cl. The summed E-state index contributed by atoms with van der Waals surface area (Å²) >= 11 is 5.59. The highest BCUT2D eigenvalue weighted by molar-refractivity contribution is 6.30. The average Bonchev–Trinajstić information content (AvgIpc) is 2.03. The van der Waals surface area contributed by atoms with E-state index in [-0.39, 0.29) is 5.15 Å². The number of halogens is 1. The molecule has 0 saturated heterocycles. The number of nitrogens with zero attached hydrogens (tertiary/aromatic N) is 2. The lowest BCUT2D eigenvalue weighted by atomic mass is 10.3. The van der Waals surface area contributed by atoms with Crippen molar-refractivity contribution >= 4 is 17.9 Å². The molecule has 0 amide bonds. The molecule has 3 nitrogen and oxygen atoms in total. The molecule has 1 heterocycles. The third-order valence-corrected chi connectivity index (χ3v) is 1.23. The topological polar surface area (TPSA) is 42.9 Å². The number of carbonyl (C=O) groups is 1. The number of rotatable bonds is 0. The van der Waals surface area contributed by atoms with E-state index >= 15 is 0 Å². The second-order valence-electron chi connectivity index (χ2n) is 1.61. The molecule has 0 bridgehead atoms. The van der Waals surface area contributed by atoms with Gasteiger partial charge in [0.05, 0.1) is 5.56 Å². The molecule has 1 aromatic heterocycles. The minimum absolute atomic E-state index is 0.259. The molecule has 0 fully saturated rings. The van der Waals surface area contributed by atoms with Gasteiger partial charge in [0.25, 0.3) is 0 Å². The zero-order valence-electron chi connectivity index (χ0n) is 5.41. The summed E-state index contributed by atoms with van der Waals surface area (Å²) in [6, 6.07) is 0. The van der Waals surface area contributed by atoms with Gasteiger partial charge in [-0.3, -0.25) is 4.79 Å². The number of hydrogen-bond acceptors (Lipinski definition) is 3. The van der Waals surface area contributed by atoms with Gasteiger partial charge in [-0.2, -0.15) is 0 Å². The number of hydrogen-bond donors (Lipinski definition) is 0. The van der Waals surface area contributed by atoms with Gasteiger partial charge in [0.2, 0.25) is 0 Å². The van der Waals surface area contributed by atoms with Gasteiger partial charge in [-0.1, -0.05) is 17.5 Å². The number of aldehydes is 1. The molecule has 11 heavy (non-hydrogen) atoms. The first-order valence-electron chi connectivity index (χ1n) is 2.75. The van der Waals surface area contributed by atoms with Crippen LogP contribution in [0, 0.1) is 11.8 Å². The van der Waals surface area contributed by atoms with Crippen molar-refractivity contribution in [2.75, 3.05) is 0 Å². The van der Waals surface area contributed by atoms with Crippen LogP contribution in [0.2, 0.25) is 5.15 Å². The second-order valence-corrected chi connectivity index (χ2v) is 1.97. The van der Waals surface area contributed by atoms with Crippen LogP contribution in [0.25, 0.3) is 0 Å². The van der Waals surface area contributed by atoms with Crippen molar-refractivity contribution < 1.29 is 4.79 Å². The first-order chi connectivity index (χ1) is 5.34. The lowest BCUT2D eigenvalue weighted by molar-refractivity contribution is -0.103. The molecule has 0 unspecified atom stereocenters. The predicted octanol–water partition coefficient (Wildman–Crippen LogP) is 0.680. The van der Waals surface area contributed by atoms with Crippen LogP contribution in [0.4, 0.5) is 0 Å². The quantitative estimate of drug-likeness (QED) is 0.323. The Morgan fingerprint density at radius 1 is 1.64 bits per heavy atom. The van der Waals surface area contributed by atoms with E-state index in [1.807, 2.05) is 0 Å². The Labute approximate surface area is 68.4 Å². The van der Waals surface area contributed by atoms with Crippen molar-refractivity contribution in [1.82, 2.24) is 9.97 Å². The fraction of sp³-hybridized carbons (Fsp3) is 0. The summed E-state index contributed by atoms with van der Waals surface area (Å²) in [5.41, 5.74) is 0.460. The van der Waals surface area contributed by atoms with Crippen molar-refractivity contribution in [3.63, 3.8) is 0 Å². The molecule has 0 saturated carbocycles. The summed E-state index contributed by atoms with van der Waals surface area (Å²) in [6.07, 6.45) is 3.25. The van der Waals surface area contributed by atoms with Gasteiger partial charge in [-0.05, 0) is 5.92 Å². The highest BCUT2D eigenvalue weighted by Crippen LogP contribution is 2.07. The molecule has 1 rings (SSSR count). The largest absolute Gasteiger partial charge is 0.289 e. The van der Waals surface area contributed by atoms with Gasteiger partial charge in [-0.25, -0.2) is 9.97 Å². The minimum atomic E-state index is 0.259. The summed E-state index contributed by atoms with van der Waals surface area (Å²) in [4.78, 5) is 17.2. The van der Waals surface area contributed by atoms with Crippen molar-refractivity contribution in [3.05, 3.63) is 23.2 Å². The van der Waals surface area contributed by atoms with E-state index in [2.05, 4.69) is 21.8 Å². The van der Waals surface area contributed by atoms with E-state index in [1.165, 1.54) is 12.5 Å². The molecule has 0 aliphatic carbocycles. The standard InChI is InChI=1S/C7H3ClN2O/c8-7-6(2-1-3-11)4-9-5-10-7/h3-5H. The molecule has 0 aliphatic rings. The summed E-state index contributed by atoms with van der Waals surface area (Å²) in [5.74, 6) is 4.70. The predicted molar refractivity (Wildman–Crippen MR) is 40.0 cm³/mol. The van der Waals surface area contributed by atoms with Crippen LogP contribution in [0.1, 0.15) is 5.56 Å². The molecule has 0 spiro atoms. The van der Waals surface area contributed by atoms with Crippen LogP contribution in [-0.2, 0) is 4.79 Å². The van der Waals surface area contributed by atoms with Crippen molar-refractivity contribution in [2.24, 2.45) is 0 Å². The van der Waals surface area contributed by atoms with Crippen LogP contribution in [0.5, 0.6) is 0 Å². The number of aromatic nitrogens is 2. The molecule has 0 aliphatic heterocycles. The molecular weight excluding hydrogens is 164 g/mol. The van der Waals surface area contributed by atoms with Crippen LogP contribution in [-0.4, -0.2) is 16.3 Å². The minimum Gasteiger partial charge on any atom is -0.289 e. The van der Waals surface area contributed by atoms with Gasteiger partial charge in [-0.15, -0.1) is 0 Å². The van der Waals surface area contributed by atoms with Gasteiger partial charge in [0.15, 0.2) is 6.29 Å². The molecule has 1 aromatic rings. The second kappa shape index (κ2) is 3.69. The molecular formula is C7H3ClN2O. The lowest BCUT2D eigenvalue weighted by Gasteiger charge is -1.89. The highest BCUT2D eigenvalue weighted by atomic mass is 35.5. The molecule has 0 radical (unpaired) electrons. The lowest BCUT2D eigenvalue weighted by Crippen LogP contribution is -1.83. The maximum atomic E-state index is 9.83. The highest BCUT2D eigenvalue weighted by Gasteiger charge is 1.94. The molecule has 0 N–H and O–H groups in total. The maximum Gasteiger partial charge on any atom is 0.193 e. The van der Waals surface area contributed by atoms with E-state index in [0.29, 0.717) is 11.8 Å². The van der Waals surface area contributed by atoms with E-state index in [9.17, 15) is 4.79 Å². The van der Waals surface area contributed by atoms with E-state index in [4.69, 9.17) is 11.6 Å². The summed E-state index contributed by atoms with van der Waals surface area (Å²) in [7, 11) is 0. The van der Waals surface area contributed by atoms with Crippen molar-refractivity contribution in [2.45, 2.75) is 0 Å². The van der Waals surface area contributed by atoms with E-state index < -0.39 is 0 Å². The van der Waals surface area contributed by atoms with Crippen LogP contribution in [0.3, 0.4) is 0 Å². The van der Waals surface area contributed by atoms with Gasteiger partial charge in [0.1, 0.15) is 11.5 Å². The fourth-order valence-corrected chi connectivity index (χ4v) is 0.645. The van der Waals surface area contributed by atoms with Crippen molar-refractivity contribution in [1.29, 1.82) is 0 Å². The fourth-order valence-electron chi connectivity index (χ4n) is 0.506. The Morgan fingerprint density at radius 3 is 3.09 bits per heavy atom. The van der Waals surface area contributed by atoms with Crippen molar-refractivity contribution in [3.8, 4) is 11.8 Å². The molecule has 0 aromatic carbocycles. The molecule has 0 atom stereocenters. The number of carbonyl (C=O) groups excluding carboxylic acids is 1. The average molecular weight is 167 g/mol. The Morgan fingerprint density at radius 2 is 2.45 bits per heavy atom. The maximum absolute atomic E-state index is 9.83. The monoisotopic (exact) mass is 166 g/mol. The summed E-state index contributed by atoms with van der Waals surface area (Å²) < 4.78 is 0. The van der Waals surface area contributed by atoms with Gasteiger partial charge in [0, 0.05) is 6.20 Å². The Balaban J connectivity index is 3.03. The first kappa shape index (κ1) is 7.70. The summed E-state index contributed by atoms with van der Waals surface area (Å²) in [6.45, 7) is 0. The van der Waals surface area contributed by atoms with Crippen LogP contribution in [0.15, 0.2) is 12.5 Å². The zero-order valence-corrected chi connectivity index (χ0v) is 6.17. The van der Waals surface area contributed by atoms with E-state index in [0.717, 1.165) is 0 Å². The summed E-state index contributed by atoms with van der Waals surface area (Å²) in [5, 5.41) is 0.259.